The Hall–Kier alpha value is -1.75. The van der Waals surface area contributed by atoms with Gasteiger partial charge < -0.3 is 21.3 Å². The lowest BCUT2D eigenvalue weighted by molar-refractivity contribution is -0.116. The molecule has 0 bridgehead atoms. The quantitative estimate of drug-likeness (QED) is 0.717. The first kappa shape index (κ1) is 13.2. The van der Waals surface area contributed by atoms with Gasteiger partial charge in [-0.2, -0.15) is 0 Å². The molecule has 3 rings (SSSR count). The highest BCUT2D eigenvalue weighted by Gasteiger charge is 2.20. The molecule has 2 heterocycles. The lowest BCUT2D eigenvalue weighted by Crippen LogP contribution is -2.36. The van der Waals surface area contributed by atoms with Crippen LogP contribution >= 0.6 is 0 Å². The van der Waals surface area contributed by atoms with Crippen molar-refractivity contribution in [1.82, 2.24) is 4.90 Å². The number of nitrogens with zero attached hydrogens (tertiary/aromatic N) is 1. The zero-order chi connectivity index (χ0) is 14.1. The fourth-order valence-electron chi connectivity index (χ4n) is 2.95. The molecule has 2 aliphatic rings. The van der Waals surface area contributed by atoms with E-state index < -0.39 is 0 Å². The topological polar surface area (TPSA) is 70.4 Å². The molecule has 20 heavy (non-hydrogen) atoms. The molecule has 0 aliphatic carbocycles. The largest absolute Gasteiger partial charge is 0.397 e. The number of carbonyl (C=O) groups is 1. The number of aryl methyl sites for hydroxylation is 1. The van der Waals surface area contributed by atoms with Crippen LogP contribution in [0.15, 0.2) is 12.1 Å². The maximum absolute atomic E-state index is 11.5. The Balaban J connectivity index is 1.76. The zero-order valence-corrected chi connectivity index (χ0v) is 11.9. The summed E-state index contributed by atoms with van der Waals surface area (Å²) in [4.78, 5) is 13.8. The second kappa shape index (κ2) is 5.32. The molecule has 1 saturated heterocycles. The predicted molar refractivity (Wildman–Crippen MR) is 81.9 cm³/mol. The SMILES string of the molecule is CN1CCC(Nc2cc3c(cc2N)CCC(=O)N3)CC1. The van der Waals surface area contributed by atoms with Crippen molar-refractivity contribution in [2.45, 2.75) is 31.7 Å². The molecule has 1 amide bonds. The van der Waals surface area contributed by atoms with Gasteiger partial charge in [-0.1, -0.05) is 0 Å². The summed E-state index contributed by atoms with van der Waals surface area (Å²) >= 11 is 0. The molecule has 108 valence electrons. The number of hydrogen-bond acceptors (Lipinski definition) is 4. The predicted octanol–water partition coefficient (Wildman–Crippen LogP) is 1.66. The molecule has 5 nitrogen and oxygen atoms in total. The number of nitrogen functional groups attached to an aromatic ring is 1. The molecule has 1 aromatic carbocycles. The van der Waals surface area contributed by atoms with E-state index in [4.69, 9.17) is 5.73 Å². The lowest BCUT2D eigenvalue weighted by atomic mass is 10.00. The first-order chi connectivity index (χ1) is 9.61. The van der Waals surface area contributed by atoms with E-state index in [-0.39, 0.29) is 5.91 Å². The Morgan fingerprint density at radius 1 is 1.30 bits per heavy atom. The monoisotopic (exact) mass is 274 g/mol. The van der Waals surface area contributed by atoms with Crippen LogP contribution in [0.4, 0.5) is 17.1 Å². The van der Waals surface area contributed by atoms with Crippen LogP contribution in [0, 0.1) is 0 Å². The standard InChI is InChI=1S/C15H22N4O/c1-19-6-4-11(5-7-19)17-14-9-13-10(8-12(14)16)2-3-15(20)18-13/h8-9,11,17H,2-7,16H2,1H3,(H,18,20). The Labute approximate surface area is 119 Å². The summed E-state index contributed by atoms with van der Waals surface area (Å²) in [6.07, 6.45) is 3.58. The van der Waals surface area contributed by atoms with E-state index >= 15 is 0 Å². The van der Waals surface area contributed by atoms with Crippen LogP contribution in [0.25, 0.3) is 0 Å². The van der Waals surface area contributed by atoms with Gasteiger partial charge >= 0.3 is 0 Å². The third-order valence-corrected chi connectivity index (χ3v) is 4.25. The molecule has 4 N–H and O–H groups in total. The Morgan fingerprint density at radius 2 is 2.05 bits per heavy atom. The molecule has 1 fully saturated rings. The molecule has 0 atom stereocenters. The molecule has 0 saturated carbocycles. The number of benzene rings is 1. The Morgan fingerprint density at radius 3 is 2.80 bits per heavy atom. The highest BCUT2D eigenvalue weighted by atomic mass is 16.1. The van der Waals surface area contributed by atoms with Crippen molar-refractivity contribution in [2.24, 2.45) is 0 Å². The number of likely N-dealkylation sites (tertiary alicyclic amines) is 1. The van der Waals surface area contributed by atoms with E-state index in [9.17, 15) is 4.79 Å². The average molecular weight is 274 g/mol. The van der Waals surface area contributed by atoms with E-state index in [1.807, 2.05) is 12.1 Å². The fourth-order valence-corrected chi connectivity index (χ4v) is 2.95. The van der Waals surface area contributed by atoms with Gasteiger partial charge in [0.25, 0.3) is 0 Å². The van der Waals surface area contributed by atoms with Gasteiger partial charge in [0.1, 0.15) is 0 Å². The van der Waals surface area contributed by atoms with Gasteiger partial charge in [0.15, 0.2) is 0 Å². The Bertz CT molecular complexity index is 521. The highest BCUT2D eigenvalue weighted by Crippen LogP contribution is 2.32. The third kappa shape index (κ3) is 2.72. The van der Waals surface area contributed by atoms with Crippen LogP contribution in [0.2, 0.25) is 0 Å². The smallest absolute Gasteiger partial charge is 0.224 e. The van der Waals surface area contributed by atoms with E-state index in [0.29, 0.717) is 12.5 Å². The molecular formula is C15H22N4O. The van der Waals surface area contributed by atoms with Crippen molar-refractivity contribution in [1.29, 1.82) is 0 Å². The molecular weight excluding hydrogens is 252 g/mol. The summed E-state index contributed by atoms with van der Waals surface area (Å²) < 4.78 is 0. The number of rotatable bonds is 2. The van der Waals surface area contributed by atoms with Crippen molar-refractivity contribution < 1.29 is 4.79 Å². The molecule has 0 radical (unpaired) electrons. The second-order valence-electron chi connectivity index (χ2n) is 5.87. The average Bonchev–Trinajstić information content (AvgIpc) is 2.42. The van der Waals surface area contributed by atoms with Crippen molar-refractivity contribution in [2.75, 3.05) is 36.5 Å². The van der Waals surface area contributed by atoms with E-state index in [1.165, 1.54) is 0 Å². The number of piperidine rings is 1. The van der Waals surface area contributed by atoms with Gasteiger partial charge in [0.2, 0.25) is 5.91 Å². The molecule has 1 aromatic rings. The first-order valence-electron chi connectivity index (χ1n) is 7.29. The normalized spacial score (nSPS) is 20.4. The minimum absolute atomic E-state index is 0.0903. The van der Waals surface area contributed by atoms with E-state index in [1.54, 1.807) is 0 Å². The number of anilines is 3. The zero-order valence-electron chi connectivity index (χ0n) is 11.9. The second-order valence-corrected chi connectivity index (χ2v) is 5.87. The van der Waals surface area contributed by atoms with Crippen molar-refractivity contribution >= 4 is 23.0 Å². The van der Waals surface area contributed by atoms with Gasteiger partial charge in [-0.15, -0.1) is 0 Å². The molecule has 0 aromatic heterocycles. The van der Waals surface area contributed by atoms with Gasteiger partial charge in [0, 0.05) is 18.2 Å². The molecule has 0 unspecified atom stereocenters. The van der Waals surface area contributed by atoms with Crippen molar-refractivity contribution in [3.63, 3.8) is 0 Å². The van der Waals surface area contributed by atoms with Gasteiger partial charge in [-0.25, -0.2) is 0 Å². The maximum Gasteiger partial charge on any atom is 0.224 e. The van der Waals surface area contributed by atoms with Crippen LogP contribution < -0.4 is 16.4 Å². The van der Waals surface area contributed by atoms with Gasteiger partial charge in [-0.3, -0.25) is 4.79 Å². The van der Waals surface area contributed by atoms with Gasteiger partial charge in [0.05, 0.1) is 11.4 Å². The van der Waals surface area contributed by atoms with Crippen LogP contribution in [0.1, 0.15) is 24.8 Å². The van der Waals surface area contributed by atoms with Crippen LogP contribution in [-0.2, 0) is 11.2 Å². The van der Waals surface area contributed by atoms with E-state index in [0.717, 1.165) is 55.0 Å². The summed E-state index contributed by atoms with van der Waals surface area (Å²) in [5.41, 5.74) is 9.90. The van der Waals surface area contributed by atoms with Crippen molar-refractivity contribution in [3.8, 4) is 0 Å². The molecule has 5 heteroatoms. The number of carbonyl (C=O) groups excluding carboxylic acids is 1. The lowest BCUT2D eigenvalue weighted by Gasteiger charge is -2.31. The summed E-state index contributed by atoms with van der Waals surface area (Å²) in [6.45, 7) is 2.22. The summed E-state index contributed by atoms with van der Waals surface area (Å²) in [5.74, 6) is 0.0903. The highest BCUT2D eigenvalue weighted by molar-refractivity contribution is 5.95. The van der Waals surface area contributed by atoms with Crippen LogP contribution in [-0.4, -0.2) is 37.0 Å². The number of nitrogens with one attached hydrogen (secondary N) is 2. The molecule has 0 spiro atoms. The third-order valence-electron chi connectivity index (χ3n) is 4.25. The number of hydrogen-bond donors (Lipinski definition) is 3. The summed E-state index contributed by atoms with van der Waals surface area (Å²) in [7, 11) is 2.15. The Kier molecular flexibility index (Phi) is 3.53. The van der Waals surface area contributed by atoms with E-state index in [2.05, 4.69) is 22.6 Å². The summed E-state index contributed by atoms with van der Waals surface area (Å²) in [5, 5.41) is 6.46. The summed E-state index contributed by atoms with van der Waals surface area (Å²) in [6, 6.07) is 4.44. The van der Waals surface area contributed by atoms with Crippen LogP contribution in [0.3, 0.4) is 0 Å². The maximum atomic E-state index is 11.5. The van der Waals surface area contributed by atoms with Crippen LogP contribution in [0.5, 0.6) is 0 Å². The first-order valence-corrected chi connectivity index (χ1v) is 7.29. The number of amides is 1. The van der Waals surface area contributed by atoms with Crippen molar-refractivity contribution in [3.05, 3.63) is 17.7 Å². The molecule has 2 aliphatic heterocycles. The fraction of sp³-hybridized carbons (Fsp3) is 0.533. The van der Waals surface area contributed by atoms with Gasteiger partial charge in [-0.05, 0) is 57.1 Å². The minimum atomic E-state index is 0.0903. The number of nitrogens with two attached hydrogens (primary N) is 1. The number of fused-ring (bicyclic) bond motifs is 1. The minimum Gasteiger partial charge on any atom is -0.397 e.